The average molecular weight is 404 g/mol. The number of halogens is 1. The zero-order chi connectivity index (χ0) is 19.6. The van der Waals surface area contributed by atoms with Gasteiger partial charge in [-0.15, -0.1) is 11.3 Å². The van der Waals surface area contributed by atoms with Gasteiger partial charge in [-0.05, 0) is 38.5 Å². The molecule has 0 radical (unpaired) electrons. The van der Waals surface area contributed by atoms with E-state index in [0.717, 1.165) is 25.7 Å². The van der Waals surface area contributed by atoms with Crippen molar-refractivity contribution in [2.45, 2.75) is 25.8 Å². The number of thioether (sulfide) groups is 1. The summed E-state index contributed by atoms with van der Waals surface area (Å²) in [6.45, 7) is 5.34. The van der Waals surface area contributed by atoms with Crippen molar-refractivity contribution in [2.75, 3.05) is 12.4 Å². The third-order valence-corrected chi connectivity index (χ3v) is 6.02. The van der Waals surface area contributed by atoms with Crippen molar-refractivity contribution in [1.29, 1.82) is 0 Å². The number of carbonyl (C=O) groups is 2. The predicted molar refractivity (Wildman–Crippen MR) is 104 cm³/mol. The van der Waals surface area contributed by atoms with Crippen LogP contribution in [-0.4, -0.2) is 34.1 Å². The summed E-state index contributed by atoms with van der Waals surface area (Å²) in [6, 6.07) is 5.61. The highest BCUT2D eigenvalue weighted by atomic mass is 32.2. The van der Waals surface area contributed by atoms with Gasteiger partial charge < -0.3 is 4.74 Å². The highest BCUT2D eigenvalue weighted by Crippen LogP contribution is 2.35. The summed E-state index contributed by atoms with van der Waals surface area (Å²) in [5.41, 5.74) is 1.01. The Labute approximate surface area is 164 Å². The van der Waals surface area contributed by atoms with Gasteiger partial charge in [0.15, 0.2) is 6.61 Å². The van der Waals surface area contributed by atoms with E-state index in [2.05, 4.69) is 9.97 Å². The zero-order valence-electron chi connectivity index (χ0n) is 15.0. The first-order valence-electron chi connectivity index (χ1n) is 8.17. The summed E-state index contributed by atoms with van der Waals surface area (Å²) < 4.78 is 18.6. The Bertz CT molecular complexity index is 1030. The normalized spacial score (nSPS) is 11.0. The standard InChI is InChI=1S/C19H17FN2O3S2/c1-10-11(2)27-19-17(10)18(21-12(3)22-19)26-9-16(24)25-8-15(23)13-6-4-5-7-14(13)20/h4-7H,8-9H2,1-3H3. The molecule has 140 valence electrons. The largest absolute Gasteiger partial charge is 0.457 e. The van der Waals surface area contributed by atoms with Crippen molar-refractivity contribution >= 4 is 45.1 Å². The quantitative estimate of drug-likeness (QED) is 0.264. The van der Waals surface area contributed by atoms with Gasteiger partial charge in [0, 0.05) is 10.3 Å². The average Bonchev–Trinajstić information content (AvgIpc) is 2.91. The number of benzene rings is 1. The molecular weight excluding hydrogens is 387 g/mol. The minimum Gasteiger partial charge on any atom is -0.457 e. The van der Waals surface area contributed by atoms with Gasteiger partial charge >= 0.3 is 5.97 Å². The molecule has 0 N–H and O–H groups in total. The van der Waals surface area contributed by atoms with Crippen molar-refractivity contribution in [1.82, 2.24) is 9.97 Å². The van der Waals surface area contributed by atoms with Gasteiger partial charge in [-0.25, -0.2) is 14.4 Å². The lowest BCUT2D eigenvalue weighted by atomic mass is 10.1. The van der Waals surface area contributed by atoms with Crippen LogP contribution >= 0.6 is 23.1 Å². The van der Waals surface area contributed by atoms with Crippen LogP contribution < -0.4 is 0 Å². The molecule has 0 saturated carbocycles. The number of aryl methyl sites for hydroxylation is 3. The predicted octanol–water partition coefficient (Wildman–Crippen LogP) is 4.27. The van der Waals surface area contributed by atoms with E-state index in [4.69, 9.17) is 4.74 Å². The van der Waals surface area contributed by atoms with E-state index >= 15 is 0 Å². The molecule has 3 rings (SSSR count). The fourth-order valence-corrected chi connectivity index (χ4v) is 4.57. The molecule has 0 aliphatic heterocycles. The number of fused-ring (bicyclic) bond motifs is 1. The number of rotatable bonds is 6. The van der Waals surface area contributed by atoms with Gasteiger partial charge in [0.05, 0.1) is 11.3 Å². The Balaban J connectivity index is 1.64. The monoisotopic (exact) mass is 404 g/mol. The van der Waals surface area contributed by atoms with Crippen molar-refractivity contribution in [3.8, 4) is 0 Å². The van der Waals surface area contributed by atoms with Crippen LogP contribution in [0.15, 0.2) is 29.3 Å². The molecule has 0 spiro atoms. The van der Waals surface area contributed by atoms with Crippen LogP contribution in [0.3, 0.4) is 0 Å². The topological polar surface area (TPSA) is 69.2 Å². The third-order valence-electron chi connectivity index (χ3n) is 3.97. The molecule has 1 aromatic carbocycles. The Morgan fingerprint density at radius 2 is 1.93 bits per heavy atom. The van der Waals surface area contributed by atoms with E-state index in [1.807, 2.05) is 13.8 Å². The number of thiophene rings is 1. The van der Waals surface area contributed by atoms with Crippen LogP contribution in [0.2, 0.25) is 0 Å². The fourth-order valence-electron chi connectivity index (χ4n) is 2.50. The number of hydrogen-bond acceptors (Lipinski definition) is 7. The van der Waals surface area contributed by atoms with E-state index in [9.17, 15) is 14.0 Å². The molecule has 0 aliphatic carbocycles. The molecule has 2 heterocycles. The molecule has 2 aromatic heterocycles. The number of Topliss-reactive ketones (excluding diaryl/α,β-unsaturated/α-hetero) is 1. The van der Waals surface area contributed by atoms with Crippen LogP contribution in [0, 0.1) is 26.6 Å². The minimum atomic E-state index is -0.630. The summed E-state index contributed by atoms with van der Waals surface area (Å²) >= 11 is 2.84. The molecule has 0 unspecified atom stereocenters. The highest BCUT2D eigenvalue weighted by Gasteiger charge is 2.17. The number of ketones is 1. The molecule has 0 aliphatic rings. The van der Waals surface area contributed by atoms with Crippen LogP contribution in [0.1, 0.15) is 26.6 Å². The molecule has 0 atom stereocenters. The fraction of sp³-hybridized carbons (Fsp3) is 0.263. The van der Waals surface area contributed by atoms with Gasteiger partial charge in [0.1, 0.15) is 21.5 Å². The number of carbonyl (C=O) groups excluding carboxylic acids is 2. The second kappa shape index (κ2) is 8.14. The first kappa shape index (κ1) is 19.4. The van der Waals surface area contributed by atoms with Gasteiger partial charge in [-0.2, -0.15) is 0 Å². The van der Waals surface area contributed by atoms with Crippen molar-refractivity contribution in [2.24, 2.45) is 0 Å². The van der Waals surface area contributed by atoms with Crippen LogP contribution in [-0.2, 0) is 9.53 Å². The van der Waals surface area contributed by atoms with Crippen molar-refractivity contribution in [3.05, 3.63) is 51.9 Å². The Hall–Kier alpha value is -2.32. The first-order valence-corrected chi connectivity index (χ1v) is 9.97. The maximum absolute atomic E-state index is 13.6. The SMILES string of the molecule is Cc1nc(SCC(=O)OCC(=O)c2ccccc2F)c2c(C)c(C)sc2n1. The number of hydrogen-bond donors (Lipinski definition) is 0. The summed E-state index contributed by atoms with van der Waals surface area (Å²) in [7, 11) is 0. The van der Waals surface area contributed by atoms with E-state index < -0.39 is 24.2 Å². The summed E-state index contributed by atoms with van der Waals surface area (Å²) in [5, 5.41) is 1.67. The molecular formula is C19H17FN2O3S2. The van der Waals surface area contributed by atoms with Gasteiger partial charge in [-0.3, -0.25) is 9.59 Å². The van der Waals surface area contributed by atoms with E-state index in [1.165, 1.54) is 30.0 Å². The third kappa shape index (κ3) is 4.33. The molecule has 0 fully saturated rings. The first-order chi connectivity index (χ1) is 12.9. The van der Waals surface area contributed by atoms with Gasteiger partial charge in [0.2, 0.25) is 5.78 Å². The van der Waals surface area contributed by atoms with Crippen LogP contribution in [0.25, 0.3) is 10.2 Å². The van der Waals surface area contributed by atoms with E-state index in [1.54, 1.807) is 24.3 Å². The van der Waals surface area contributed by atoms with Crippen molar-refractivity contribution in [3.63, 3.8) is 0 Å². The Morgan fingerprint density at radius 3 is 2.67 bits per heavy atom. The van der Waals surface area contributed by atoms with E-state index in [-0.39, 0.29) is 11.3 Å². The molecule has 3 aromatic rings. The second-order valence-electron chi connectivity index (χ2n) is 5.89. The number of nitrogens with zero attached hydrogens (tertiary/aromatic N) is 2. The molecule has 0 bridgehead atoms. The maximum atomic E-state index is 13.6. The smallest absolute Gasteiger partial charge is 0.316 e. The van der Waals surface area contributed by atoms with Gasteiger partial charge in [-0.1, -0.05) is 23.9 Å². The van der Waals surface area contributed by atoms with Crippen molar-refractivity contribution < 1.29 is 18.7 Å². The summed E-state index contributed by atoms with van der Waals surface area (Å²) in [4.78, 5) is 34.9. The highest BCUT2D eigenvalue weighted by molar-refractivity contribution is 8.00. The van der Waals surface area contributed by atoms with Crippen LogP contribution in [0.4, 0.5) is 4.39 Å². The number of ether oxygens (including phenoxy) is 1. The molecule has 0 amide bonds. The maximum Gasteiger partial charge on any atom is 0.316 e. The lowest BCUT2D eigenvalue weighted by Gasteiger charge is -2.06. The second-order valence-corrected chi connectivity index (χ2v) is 8.06. The minimum absolute atomic E-state index is 0.00440. The van der Waals surface area contributed by atoms with Crippen LogP contribution in [0.5, 0.6) is 0 Å². The Morgan fingerprint density at radius 1 is 1.19 bits per heavy atom. The lowest BCUT2D eigenvalue weighted by molar-refractivity contribution is -0.139. The van der Waals surface area contributed by atoms with E-state index in [0.29, 0.717) is 5.82 Å². The lowest BCUT2D eigenvalue weighted by Crippen LogP contribution is -2.16. The molecule has 27 heavy (non-hydrogen) atoms. The molecule has 0 saturated heterocycles. The number of aromatic nitrogens is 2. The van der Waals surface area contributed by atoms with Gasteiger partial charge in [0.25, 0.3) is 0 Å². The molecule has 5 nitrogen and oxygen atoms in total. The molecule has 8 heteroatoms. The number of esters is 1. The summed E-state index contributed by atoms with van der Waals surface area (Å²) in [5.74, 6) is -1.12. The Kier molecular flexibility index (Phi) is 5.86. The zero-order valence-corrected chi connectivity index (χ0v) is 16.7. The summed E-state index contributed by atoms with van der Waals surface area (Å²) in [6.07, 6.45) is 0.